The van der Waals surface area contributed by atoms with Crippen molar-refractivity contribution in [2.75, 3.05) is 0 Å². The monoisotopic (exact) mass is 555 g/mol. The van der Waals surface area contributed by atoms with E-state index in [1.807, 2.05) is 0 Å². The number of allylic oxidation sites excluding steroid dienone is 1. The summed E-state index contributed by atoms with van der Waals surface area (Å²) < 4.78 is -0.269. The molecule has 2 atom stereocenters. The minimum atomic E-state index is -0.429. The molecule has 8 aliphatic carbocycles. The first-order valence-corrected chi connectivity index (χ1v) is 15.3. The van der Waals surface area contributed by atoms with Gasteiger partial charge in [0.25, 0.3) is 0 Å². The van der Waals surface area contributed by atoms with Crippen molar-refractivity contribution in [1.29, 1.82) is 0 Å². The highest BCUT2D eigenvalue weighted by atomic mass is 35.5. The molecule has 0 amide bonds. The number of hydrogen-bond acceptors (Lipinski definition) is 4. The average Bonchev–Trinajstić information content (AvgIpc) is 2.76. The molecule has 0 aromatic heterocycles. The standard InChI is InChI=1S/C28H40Cl3N3O2/c1-15(27-9-17-3-18(10-27)5-19(4-17)11-27)32-26(24(34(35)36)23(29)25(30)31)33-16(2)28-12-20-6-21(13-28)8-22(7-20)14-28/h15-22,32-33H,3-14H2,1-2H3. The molecular formula is C28H40Cl3N3O2. The van der Waals surface area contributed by atoms with Crippen LogP contribution in [0.25, 0.3) is 0 Å². The van der Waals surface area contributed by atoms with E-state index >= 15 is 0 Å². The van der Waals surface area contributed by atoms with Gasteiger partial charge in [0.15, 0.2) is 10.9 Å². The Morgan fingerprint density at radius 2 is 1.03 bits per heavy atom. The summed E-state index contributed by atoms with van der Waals surface area (Å²) in [5.74, 6) is 5.25. The predicted octanol–water partition coefficient (Wildman–Crippen LogP) is 7.71. The molecule has 200 valence electrons. The Bertz CT molecular complexity index is 864. The van der Waals surface area contributed by atoms with Gasteiger partial charge in [-0.3, -0.25) is 10.1 Å². The fraction of sp³-hybridized carbons (Fsp3) is 0.857. The highest BCUT2D eigenvalue weighted by Crippen LogP contribution is 2.62. The van der Waals surface area contributed by atoms with Crippen molar-refractivity contribution in [2.24, 2.45) is 46.3 Å². The van der Waals surface area contributed by atoms with Crippen LogP contribution in [0.5, 0.6) is 0 Å². The molecule has 0 spiro atoms. The minimum Gasteiger partial charge on any atom is -0.363 e. The molecule has 8 fully saturated rings. The van der Waals surface area contributed by atoms with Crippen molar-refractivity contribution in [3.05, 3.63) is 31.2 Å². The predicted molar refractivity (Wildman–Crippen MR) is 145 cm³/mol. The van der Waals surface area contributed by atoms with E-state index in [9.17, 15) is 10.1 Å². The van der Waals surface area contributed by atoms with Gasteiger partial charge in [0.05, 0.1) is 4.92 Å². The van der Waals surface area contributed by atoms with E-state index in [2.05, 4.69) is 24.5 Å². The quantitative estimate of drug-likeness (QED) is 0.182. The summed E-state index contributed by atoms with van der Waals surface area (Å²) in [5, 5.41) is 19.5. The summed E-state index contributed by atoms with van der Waals surface area (Å²) >= 11 is 18.4. The molecule has 8 bridgehead atoms. The molecule has 0 saturated heterocycles. The molecule has 0 aliphatic heterocycles. The first kappa shape index (κ1) is 25.6. The first-order chi connectivity index (χ1) is 17.1. The van der Waals surface area contributed by atoms with Crippen LogP contribution in [0.3, 0.4) is 0 Å². The summed E-state index contributed by atoms with van der Waals surface area (Å²) in [6.07, 6.45) is 15.5. The molecular weight excluding hydrogens is 517 g/mol. The third kappa shape index (κ3) is 4.37. The summed E-state index contributed by atoms with van der Waals surface area (Å²) in [5.41, 5.74) is 0.146. The molecule has 0 aromatic carbocycles. The Balaban J connectivity index is 1.31. The van der Waals surface area contributed by atoms with Crippen molar-refractivity contribution < 1.29 is 4.92 Å². The van der Waals surface area contributed by atoms with Gasteiger partial charge in [-0.05, 0) is 137 Å². The molecule has 0 heterocycles. The van der Waals surface area contributed by atoms with Crippen molar-refractivity contribution in [1.82, 2.24) is 10.6 Å². The Kier molecular flexibility index (Phi) is 6.57. The maximum Gasteiger partial charge on any atom is 0.329 e. The van der Waals surface area contributed by atoms with E-state index in [1.54, 1.807) is 0 Å². The molecule has 2 unspecified atom stereocenters. The summed E-state index contributed by atoms with van der Waals surface area (Å²) in [6.45, 7) is 4.45. The van der Waals surface area contributed by atoms with E-state index in [0.29, 0.717) is 5.82 Å². The van der Waals surface area contributed by atoms with Gasteiger partial charge >= 0.3 is 5.70 Å². The van der Waals surface area contributed by atoms with Crippen LogP contribution in [0, 0.1) is 56.5 Å². The van der Waals surface area contributed by atoms with E-state index in [0.717, 1.165) is 35.5 Å². The lowest BCUT2D eigenvalue weighted by molar-refractivity contribution is -0.421. The molecule has 0 aromatic rings. The van der Waals surface area contributed by atoms with E-state index in [-0.39, 0.29) is 38.1 Å². The molecule has 5 nitrogen and oxygen atoms in total. The summed E-state index contributed by atoms with van der Waals surface area (Å²) in [7, 11) is 0. The number of halogens is 3. The van der Waals surface area contributed by atoms with Gasteiger partial charge in [-0.1, -0.05) is 34.8 Å². The Labute approximate surface area is 230 Å². The third-order valence-corrected chi connectivity index (χ3v) is 12.5. The second kappa shape index (κ2) is 9.23. The Morgan fingerprint density at radius 3 is 1.28 bits per heavy atom. The Morgan fingerprint density at radius 1 is 0.722 bits per heavy atom. The van der Waals surface area contributed by atoms with Crippen LogP contribution in [-0.2, 0) is 0 Å². The topological polar surface area (TPSA) is 67.2 Å². The van der Waals surface area contributed by atoms with Gasteiger partial charge in [0, 0.05) is 12.1 Å². The van der Waals surface area contributed by atoms with Crippen LogP contribution in [0.15, 0.2) is 21.0 Å². The van der Waals surface area contributed by atoms with E-state index < -0.39 is 4.92 Å². The Hall–Kier alpha value is -0.650. The lowest BCUT2D eigenvalue weighted by Gasteiger charge is -2.60. The number of nitro groups is 1. The zero-order chi connectivity index (χ0) is 25.4. The normalized spacial score (nSPS) is 43.1. The fourth-order valence-electron chi connectivity index (χ4n) is 10.7. The van der Waals surface area contributed by atoms with Crippen molar-refractivity contribution in [3.63, 3.8) is 0 Å². The highest BCUT2D eigenvalue weighted by Gasteiger charge is 2.55. The van der Waals surface area contributed by atoms with Crippen molar-refractivity contribution in [3.8, 4) is 0 Å². The van der Waals surface area contributed by atoms with Crippen LogP contribution in [-0.4, -0.2) is 17.0 Å². The summed E-state index contributed by atoms with van der Waals surface area (Å²) in [6, 6.07) is 0.205. The average molecular weight is 557 g/mol. The molecule has 36 heavy (non-hydrogen) atoms. The first-order valence-electron chi connectivity index (χ1n) is 14.2. The van der Waals surface area contributed by atoms with Crippen molar-refractivity contribution in [2.45, 2.75) is 103 Å². The maximum absolute atomic E-state index is 12.4. The van der Waals surface area contributed by atoms with Crippen molar-refractivity contribution >= 4 is 34.8 Å². The minimum absolute atomic E-state index is 0.102. The van der Waals surface area contributed by atoms with Gasteiger partial charge in [0.2, 0.25) is 0 Å². The number of hydrogen-bond donors (Lipinski definition) is 2. The van der Waals surface area contributed by atoms with Crippen LogP contribution in [0.1, 0.15) is 90.9 Å². The maximum atomic E-state index is 12.4. The molecule has 8 aliphatic rings. The van der Waals surface area contributed by atoms with Crippen LogP contribution < -0.4 is 10.6 Å². The number of nitrogens with one attached hydrogen (secondary N) is 2. The molecule has 8 heteroatoms. The molecule has 0 radical (unpaired) electrons. The van der Waals surface area contributed by atoms with Crippen LogP contribution in [0.2, 0.25) is 0 Å². The highest BCUT2D eigenvalue weighted by molar-refractivity contribution is 6.59. The molecule has 2 N–H and O–H groups in total. The number of nitrogens with zero attached hydrogens (tertiary/aromatic N) is 1. The van der Waals surface area contributed by atoms with Crippen LogP contribution in [0.4, 0.5) is 0 Å². The lowest BCUT2D eigenvalue weighted by Crippen LogP contribution is -2.58. The smallest absolute Gasteiger partial charge is 0.329 e. The second-order valence-electron chi connectivity index (χ2n) is 13.8. The van der Waals surface area contributed by atoms with E-state index in [1.165, 1.54) is 77.0 Å². The SMILES string of the molecule is CC(NC(NC(C)C12CC3CC(CC(C3)C1)C2)=C(C(Cl)=C(Cl)Cl)[N+](=O)[O-])C12CC3CC(CC(C3)C1)C2. The van der Waals surface area contributed by atoms with Gasteiger partial charge in [-0.15, -0.1) is 0 Å². The molecule has 8 saturated carbocycles. The van der Waals surface area contributed by atoms with Crippen LogP contribution >= 0.6 is 34.8 Å². The molecule has 8 rings (SSSR count). The largest absolute Gasteiger partial charge is 0.363 e. The van der Waals surface area contributed by atoms with Gasteiger partial charge in [-0.2, -0.15) is 0 Å². The van der Waals surface area contributed by atoms with E-state index in [4.69, 9.17) is 34.8 Å². The zero-order valence-corrected chi connectivity index (χ0v) is 23.8. The van der Waals surface area contributed by atoms with Gasteiger partial charge in [0.1, 0.15) is 4.49 Å². The van der Waals surface area contributed by atoms with Gasteiger partial charge in [-0.25, -0.2) is 0 Å². The third-order valence-electron chi connectivity index (χ3n) is 11.5. The number of rotatable bonds is 8. The van der Waals surface area contributed by atoms with Gasteiger partial charge < -0.3 is 10.6 Å². The second-order valence-corrected chi connectivity index (χ2v) is 15.2. The zero-order valence-electron chi connectivity index (χ0n) is 21.5. The summed E-state index contributed by atoms with van der Waals surface area (Å²) in [4.78, 5) is 11.9. The lowest BCUT2D eigenvalue weighted by atomic mass is 9.48. The fourth-order valence-corrected chi connectivity index (χ4v) is 11.0.